The van der Waals surface area contributed by atoms with E-state index in [1.807, 2.05) is 53.1 Å². The minimum Gasteiger partial charge on any atom is -0.497 e. The van der Waals surface area contributed by atoms with E-state index in [2.05, 4.69) is 20.0 Å². The van der Waals surface area contributed by atoms with Crippen LogP contribution >= 0.6 is 0 Å². The molecule has 0 saturated carbocycles. The minimum atomic E-state index is -3.37. The highest BCUT2D eigenvalue weighted by Gasteiger charge is 2.27. The Balaban J connectivity index is 1.14. The molecule has 1 saturated heterocycles. The van der Waals surface area contributed by atoms with Crippen molar-refractivity contribution >= 4 is 21.1 Å². The molecule has 178 valence electrons. The van der Waals surface area contributed by atoms with Crippen LogP contribution in [0.3, 0.4) is 0 Å². The number of nitrogens with zero attached hydrogens (tertiary/aromatic N) is 6. The Morgan fingerprint density at radius 1 is 1.03 bits per heavy atom. The first-order chi connectivity index (χ1) is 16.5. The van der Waals surface area contributed by atoms with Crippen LogP contribution < -0.4 is 4.74 Å². The Kier molecular flexibility index (Phi) is 6.31. The van der Waals surface area contributed by atoms with Crippen molar-refractivity contribution < 1.29 is 17.7 Å². The first-order valence-corrected chi connectivity index (χ1v) is 12.7. The largest absolute Gasteiger partial charge is 0.497 e. The third-order valence-corrected chi connectivity index (χ3v) is 7.87. The summed E-state index contributed by atoms with van der Waals surface area (Å²) < 4.78 is 39.9. The number of benzene rings is 2. The summed E-state index contributed by atoms with van der Waals surface area (Å²) in [5.41, 5.74) is 2.65. The minimum absolute atomic E-state index is 0.0439. The molecule has 0 radical (unpaired) electrons. The van der Waals surface area contributed by atoms with E-state index in [9.17, 15) is 8.42 Å². The van der Waals surface area contributed by atoms with E-state index in [4.69, 9.17) is 9.26 Å². The second kappa shape index (κ2) is 9.53. The van der Waals surface area contributed by atoms with Gasteiger partial charge in [0, 0.05) is 38.3 Å². The summed E-state index contributed by atoms with van der Waals surface area (Å²) in [4.78, 5) is 10.9. The third-order valence-electron chi connectivity index (χ3n) is 6.02. The number of piperazine rings is 1. The van der Waals surface area contributed by atoms with Crippen LogP contribution in [0, 0.1) is 0 Å². The van der Waals surface area contributed by atoms with Gasteiger partial charge in [0.15, 0.2) is 0 Å². The van der Waals surface area contributed by atoms with E-state index >= 15 is 0 Å². The molecule has 1 aliphatic rings. The zero-order valence-electron chi connectivity index (χ0n) is 18.9. The molecule has 0 amide bonds. The van der Waals surface area contributed by atoms with Crippen molar-refractivity contribution in [2.45, 2.75) is 13.1 Å². The summed E-state index contributed by atoms with van der Waals surface area (Å²) in [7, 11) is -1.75. The number of para-hydroxylation sites is 2. The SMILES string of the molecule is COc1ccc(-c2noc(CN3CCN(S(=O)(=O)CCn4cnc5ccccc54)CC3)n2)cc1. The number of hydrogen-bond donors (Lipinski definition) is 0. The van der Waals surface area contributed by atoms with Crippen molar-refractivity contribution in [3.05, 3.63) is 60.7 Å². The number of methoxy groups -OCH3 is 1. The van der Waals surface area contributed by atoms with E-state index in [1.165, 1.54) is 0 Å². The number of aryl methyl sites for hydroxylation is 1. The van der Waals surface area contributed by atoms with Crippen molar-refractivity contribution in [3.63, 3.8) is 0 Å². The molecule has 0 bridgehead atoms. The van der Waals surface area contributed by atoms with Gasteiger partial charge in [0.2, 0.25) is 21.7 Å². The predicted molar refractivity (Wildman–Crippen MR) is 127 cm³/mol. The fraction of sp³-hybridized carbons (Fsp3) is 0.348. The lowest BCUT2D eigenvalue weighted by molar-refractivity contribution is 0.163. The summed E-state index contributed by atoms with van der Waals surface area (Å²) in [5, 5.41) is 4.06. The van der Waals surface area contributed by atoms with Crippen LogP contribution in [0.5, 0.6) is 5.75 Å². The molecule has 0 N–H and O–H groups in total. The Labute approximate surface area is 197 Å². The number of aromatic nitrogens is 4. The molecular weight excluding hydrogens is 456 g/mol. The highest BCUT2D eigenvalue weighted by Crippen LogP contribution is 2.20. The van der Waals surface area contributed by atoms with E-state index < -0.39 is 10.0 Å². The molecule has 2 aromatic carbocycles. The molecule has 1 aliphatic heterocycles. The van der Waals surface area contributed by atoms with Gasteiger partial charge in [0.25, 0.3) is 0 Å². The Morgan fingerprint density at radius 3 is 2.56 bits per heavy atom. The second-order valence-corrected chi connectivity index (χ2v) is 10.2. The first-order valence-electron chi connectivity index (χ1n) is 11.1. The predicted octanol–water partition coefficient (Wildman–Crippen LogP) is 2.24. The molecule has 1 fully saturated rings. The number of imidazole rings is 1. The lowest BCUT2D eigenvalue weighted by Gasteiger charge is -2.33. The second-order valence-electron chi connectivity index (χ2n) is 8.16. The van der Waals surface area contributed by atoms with Crippen molar-refractivity contribution in [3.8, 4) is 17.1 Å². The average Bonchev–Trinajstić information content (AvgIpc) is 3.50. The Bertz CT molecular complexity index is 1360. The van der Waals surface area contributed by atoms with Crippen LogP contribution in [0.1, 0.15) is 5.89 Å². The fourth-order valence-corrected chi connectivity index (χ4v) is 5.47. The van der Waals surface area contributed by atoms with Gasteiger partial charge in [-0.15, -0.1) is 0 Å². The molecule has 0 aliphatic carbocycles. The number of rotatable bonds is 8. The zero-order valence-corrected chi connectivity index (χ0v) is 19.7. The quantitative estimate of drug-likeness (QED) is 0.376. The molecule has 0 atom stereocenters. The molecule has 5 rings (SSSR count). The monoisotopic (exact) mass is 482 g/mol. The lowest BCUT2D eigenvalue weighted by atomic mass is 10.2. The van der Waals surface area contributed by atoms with E-state index in [0.29, 0.717) is 51.0 Å². The maximum atomic E-state index is 12.9. The highest BCUT2D eigenvalue weighted by molar-refractivity contribution is 7.89. The maximum absolute atomic E-state index is 12.9. The molecular formula is C23H26N6O4S. The van der Waals surface area contributed by atoms with E-state index in [1.54, 1.807) is 17.7 Å². The van der Waals surface area contributed by atoms with Crippen LogP contribution in [-0.4, -0.2) is 76.4 Å². The van der Waals surface area contributed by atoms with Crippen LogP contribution in [0.15, 0.2) is 59.4 Å². The van der Waals surface area contributed by atoms with Gasteiger partial charge >= 0.3 is 0 Å². The van der Waals surface area contributed by atoms with Gasteiger partial charge in [0.05, 0.1) is 36.8 Å². The van der Waals surface area contributed by atoms with Gasteiger partial charge in [-0.05, 0) is 36.4 Å². The topological polar surface area (TPSA) is 107 Å². The van der Waals surface area contributed by atoms with Crippen molar-refractivity contribution in [2.24, 2.45) is 0 Å². The lowest BCUT2D eigenvalue weighted by Crippen LogP contribution is -2.49. The van der Waals surface area contributed by atoms with E-state index in [0.717, 1.165) is 22.3 Å². The van der Waals surface area contributed by atoms with E-state index in [-0.39, 0.29) is 5.75 Å². The van der Waals surface area contributed by atoms with Crippen molar-refractivity contribution in [1.29, 1.82) is 0 Å². The zero-order chi connectivity index (χ0) is 23.5. The molecule has 0 spiro atoms. The molecule has 10 nitrogen and oxygen atoms in total. The summed E-state index contributed by atoms with van der Waals surface area (Å²) in [6, 6.07) is 15.2. The molecule has 3 heterocycles. The van der Waals surface area contributed by atoms with Gasteiger partial charge in [-0.25, -0.2) is 13.4 Å². The van der Waals surface area contributed by atoms with Gasteiger partial charge in [-0.3, -0.25) is 4.90 Å². The van der Waals surface area contributed by atoms with Gasteiger partial charge in [0.1, 0.15) is 5.75 Å². The molecule has 0 unspecified atom stereocenters. The molecule has 2 aromatic heterocycles. The van der Waals surface area contributed by atoms with Crippen LogP contribution in [-0.2, 0) is 23.1 Å². The summed E-state index contributed by atoms with van der Waals surface area (Å²) in [6.07, 6.45) is 1.70. The maximum Gasteiger partial charge on any atom is 0.241 e. The third kappa shape index (κ3) is 4.81. The molecule has 4 aromatic rings. The van der Waals surface area contributed by atoms with Crippen molar-refractivity contribution in [1.82, 2.24) is 28.9 Å². The van der Waals surface area contributed by atoms with Crippen LogP contribution in [0.25, 0.3) is 22.4 Å². The molecule has 11 heteroatoms. The normalized spacial score (nSPS) is 15.7. The van der Waals surface area contributed by atoms with Crippen LogP contribution in [0.2, 0.25) is 0 Å². The number of fused-ring (bicyclic) bond motifs is 1. The number of hydrogen-bond acceptors (Lipinski definition) is 8. The molecule has 34 heavy (non-hydrogen) atoms. The van der Waals surface area contributed by atoms with Gasteiger partial charge < -0.3 is 13.8 Å². The van der Waals surface area contributed by atoms with Gasteiger partial charge in [-0.1, -0.05) is 17.3 Å². The standard InChI is InChI=1S/C23H26N6O4S/c1-32-19-8-6-18(7-9-19)23-25-22(33-26-23)16-27-10-12-29(13-11-27)34(30,31)15-14-28-17-24-20-4-2-3-5-21(20)28/h2-9,17H,10-16H2,1H3. The smallest absolute Gasteiger partial charge is 0.241 e. The van der Waals surface area contributed by atoms with Crippen LogP contribution in [0.4, 0.5) is 0 Å². The van der Waals surface area contributed by atoms with Gasteiger partial charge in [-0.2, -0.15) is 9.29 Å². The summed E-state index contributed by atoms with van der Waals surface area (Å²) in [6.45, 7) is 2.94. The number of ether oxygens (including phenoxy) is 1. The highest BCUT2D eigenvalue weighted by atomic mass is 32.2. The summed E-state index contributed by atoms with van der Waals surface area (Å²) >= 11 is 0. The number of sulfonamides is 1. The Hall–Kier alpha value is -3.28. The van der Waals surface area contributed by atoms with Crippen molar-refractivity contribution in [2.75, 3.05) is 39.0 Å². The average molecular weight is 483 g/mol. The summed E-state index contributed by atoms with van der Waals surface area (Å²) in [5.74, 6) is 1.83. The first kappa shape index (κ1) is 22.5. The fourth-order valence-electron chi connectivity index (χ4n) is 4.06. The Morgan fingerprint density at radius 2 is 1.79 bits per heavy atom.